The van der Waals surface area contributed by atoms with Gasteiger partial charge in [0.15, 0.2) is 9.84 Å². The molecule has 0 aliphatic rings. The molecule has 0 saturated carbocycles. The highest BCUT2D eigenvalue weighted by molar-refractivity contribution is 7.90. The number of benzene rings is 1. The highest BCUT2D eigenvalue weighted by Gasteiger charge is 2.23. The Morgan fingerprint density at radius 3 is 2.24 bits per heavy atom. The summed E-state index contributed by atoms with van der Waals surface area (Å²) >= 11 is 0. The molecule has 0 aromatic heterocycles. The van der Waals surface area contributed by atoms with Crippen LogP contribution in [-0.4, -0.2) is 20.2 Å². The number of hydrogen-bond donors (Lipinski definition) is 1. The van der Waals surface area contributed by atoms with E-state index in [-0.39, 0.29) is 12.0 Å². The van der Waals surface area contributed by atoms with E-state index in [4.69, 9.17) is 5.73 Å². The van der Waals surface area contributed by atoms with E-state index in [1.54, 1.807) is 13.8 Å². The molecule has 0 unspecified atom stereocenters. The van der Waals surface area contributed by atoms with Gasteiger partial charge in [0.25, 0.3) is 0 Å². The number of hydrogen-bond acceptors (Lipinski definition) is 3. The van der Waals surface area contributed by atoms with Crippen LogP contribution in [0.25, 0.3) is 0 Å². The number of halogens is 2. The van der Waals surface area contributed by atoms with Crippen LogP contribution in [0.5, 0.6) is 0 Å². The molecule has 17 heavy (non-hydrogen) atoms. The van der Waals surface area contributed by atoms with Crippen LogP contribution in [0.1, 0.15) is 19.4 Å². The predicted molar refractivity (Wildman–Crippen MR) is 61.4 cm³/mol. The maximum Gasteiger partial charge on any atom is 0.178 e. The van der Waals surface area contributed by atoms with Crippen LogP contribution in [0.3, 0.4) is 0 Å². The maximum absolute atomic E-state index is 13.9. The van der Waals surface area contributed by atoms with E-state index >= 15 is 0 Å². The van der Waals surface area contributed by atoms with Crippen LogP contribution < -0.4 is 5.73 Å². The van der Waals surface area contributed by atoms with Gasteiger partial charge in [-0.15, -0.1) is 0 Å². The molecule has 1 aromatic carbocycles. The highest BCUT2D eigenvalue weighted by Crippen LogP contribution is 2.23. The lowest BCUT2D eigenvalue weighted by atomic mass is 9.95. The van der Waals surface area contributed by atoms with E-state index in [0.29, 0.717) is 0 Å². The second-order valence-corrected chi connectivity index (χ2v) is 6.76. The van der Waals surface area contributed by atoms with Gasteiger partial charge in [0, 0.05) is 17.4 Å². The predicted octanol–water partition coefficient (Wildman–Crippen LogP) is 1.65. The van der Waals surface area contributed by atoms with Gasteiger partial charge in [0.1, 0.15) is 16.5 Å². The lowest BCUT2D eigenvalue weighted by Crippen LogP contribution is -2.35. The normalized spacial score (nSPS) is 12.8. The maximum atomic E-state index is 13.9. The summed E-state index contributed by atoms with van der Waals surface area (Å²) in [6.07, 6.45) is 0.800. The van der Waals surface area contributed by atoms with Crippen molar-refractivity contribution in [1.29, 1.82) is 0 Å². The van der Waals surface area contributed by atoms with E-state index in [1.807, 2.05) is 0 Å². The zero-order valence-electron chi connectivity index (χ0n) is 9.92. The van der Waals surface area contributed by atoms with Gasteiger partial charge in [-0.2, -0.15) is 0 Å². The van der Waals surface area contributed by atoms with Gasteiger partial charge in [-0.25, -0.2) is 17.2 Å². The molecular formula is C11H15F2NO2S. The monoisotopic (exact) mass is 263 g/mol. The van der Waals surface area contributed by atoms with E-state index < -0.39 is 31.9 Å². The first kappa shape index (κ1) is 14.1. The Morgan fingerprint density at radius 2 is 1.82 bits per heavy atom. The van der Waals surface area contributed by atoms with E-state index in [2.05, 4.69) is 0 Å². The number of nitrogens with two attached hydrogens (primary N) is 1. The Balaban J connectivity index is 3.41. The van der Waals surface area contributed by atoms with Crippen LogP contribution in [0.15, 0.2) is 17.0 Å². The van der Waals surface area contributed by atoms with Gasteiger partial charge in [-0.05, 0) is 32.4 Å². The van der Waals surface area contributed by atoms with Crippen molar-refractivity contribution in [3.05, 3.63) is 29.3 Å². The molecule has 0 heterocycles. The van der Waals surface area contributed by atoms with Gasteiger partial charge in [-0.1, -0.05) is 0 Å². The second-order valence-electron chi connectivity index (χ2n) is 4.78. The first-order valence-corrected chi connectivity index (χ1v) is 6.87. The molecule has 3 nitrogen and oxygen atoms in total. The van der Waals surface area contributed by atoms with Crippen LogP contribution in [0.2, 0.25) is 0 Å². The zero-order valence-corrected chi connectivity index (χ0v) is 10.7. The molecule has 0 aliphatic carbocycles. The first-order valence-electron chi connectivity index (χ1n) is 4.98. The average molecular weight is 263 g/mol. The number of rotatable bonds is 3. The molecule has 0 amide bonds. The van der Waals surface area contributed by atoms with Gasteiger partial charge >= 0.3 is 0 Å². The van der Waals surface area contributed by atoms with Crippen molar-refractivity contribution in [2.75, 3.05) is 6.26 Å². The molecular weight excluding hydrogens is 248 g/mol. The summed E-state index contributed by atoms with van der Waals surface area (Å²) in [5, 5.41) is 0. The fourth-order valence-electron chi connectivity index (χ4n) is 1.48. The molecule has 0 atom stereocenters. The van der Waals surface area contributed by atoms with E-state index in [9.17, 15) is 17.2 Å². The standard InChI is InChI=1S/C11H15F2NO2S/c1-11(2,14)6-7-8(12)4-5-9(10(7)13)17(3,15)16/h4-5H,6,14H2,1-3H3. The van der Waals surface area contributed by atoms with E-state index in [0.717, 1.165) is 18.4 Å². The fraction of sp³-hybridized carbons (Fsp3) is 0.455. The highest BCUT2D eigenvalue weighted by atomic mass is 32.2. The van der Waals surface area contributed by atoms with Crippen molar-refractivity contribution >= 4 is 9.84 Å². The summed E-state index contributed by atoms with van der Waals surface area (Å²) in [5.41, 5.74) is 4.57. The van der Waals surface area contributed by atoms with Gasteiger partial charge < -0.3 is 5.73 Å². The minimum atomic E-state index is -3.71. The average Bonchev–Trinajstić information content (AvgIpc) is 2.08. The quantitative estimate of drug-likeness (QED) is 0.843. The minimum absolute atomic E-state index is 0.0754. The minimum Gasteiger partial charge on any atom is -0.325 e. The van der Waals surface area contributed by atoms with Crippen molar-refractivity contribution in [3.63, 3.8) is 0 Å². The van der Waals surface area contributed by atoms with Crippen molar-refractivity contribution in [2.24, 2.45) is 5.73 Å². The van der Waals surface area contributed by atoms with Gasteiger partial charge in [-0.3, -0.25) is 0 Å². The van der Waals surface area contributed by atoms with E-state index in [1.165, 1.54) is 0 Å². The van der Waals surface area contributed by atoms with Crippen LogP contribution in [-0.2, 0) is 16.3 Å². The molecule has 0 aliphatic heterocycles. The summed E-state index contributed by atoms with van der Waals surface area (Å²) in [6, 6.07) is 1.87. The summed E-state index contributed by atoms with van der Waals surface area (Å²) in [5.74, 6) is -1.83. The molecule has 0 fully saturated rings. The third-order valence-corrected chi connectivity index (χ3v) is 3.30. The molecule has 96 valence electrons. The van der Waals surface area contributed by atoms with Crippen molar-refractivity contribution in [3.8, 4) is 0 Å². The Hall–Kier alpha value is -1.01. The summed E-state index contributed by atoms with van der Waals surface area (Å²) in [6.45, 7) is 3.22. The Morgan fingerprint density at radius 1 is 1.29 bits per heavy atom. The molecule has 6 heteroatoms. The summed E-state index contributed by atoms with van der Waals surface area (Å²) in [7, 11) is -3.71. The fourth-order valence-corrected chi connectivity index (χ4v) is 2.24. The number of sulfone groups is 1. The lowest BCUT2D eigenvalue weighted by Gasteiger charge is -2.19. The topological polar surface area (TPSA) is 60.2 Å². The van der Waals surface area contributed by atoms with Crippen molar-refractivity contribution in [1.82, 2.24) is 0 Å². The lowest BCUT2D eigenvalue weighted by molar-refractivity contribution is 0.464. The summed E-state index contributed by atoms with van der Waals surface area (Å²) in [4.78, 5) is -0.502. The van der Waals surface area contributed by atoms with Crippen LogP contribution in [0.4, 0.5) is 8.78 Å². The van der Waals surface area contributed by atoms with Gasteiger partial charge in [0.05, 0.1) is 0 Å². The Labute approximate surface area is 99.6 Å². The third-order valence-electron chi connectivity index (χ3n) is 2.18. The SMILES string of the molecule is CC(C)(N)Cc1c(F)ccc(S(C)(=O)=O)c1F. The largest absolute Gasteiger partial charge is 0.325 e. The van der Waals surface area contributed by atoms with Crippen LogP contribution in [0, 0.1) is 11.6 Å². The molecule has 1 rings (SSSR count). The summed E-state index contributed by atoms with van der Waals surface area (Å²) < 4.78 is 49.9. The first-order chi connectivity index (χ1) is 7.52. The zero-order chi connectivity index (χ0) is 13.4. The molecule has 0 bridgehead atoms. The second kappa shape index (κ2) is 4.34. The molecule has 0 saturated heterocycles. The van der Waals surface area contributed by atoms with Gasteiger partial charge in [0.2, 0.25) is 0 Å². The Bertz CT molecular complexity index is 533. The molecule has 0 spiro atoms. The Kier molecular flexibility index (Phi) is 3.59. The molecule has 0 radical (unpaired) electrons. The molecule has 2 N–H and O–H groups in total. The van der Waals surface area contributed by atoms with Crippen molar-refractivity contribution < 1.29 is 17.2 Å². The molecule has 1 aromatic rings. The third kappa shape index (κ3) is 3.47. The van der Waals surface area contributed by atoms with Crippen molar-refractivity contribution in [2.45, 2.75) is 30.7 Å². The van der Waals surface area contributed by atoms with Crippen LogP contribution >= 0.6 is 0 Å². The smallest absolute Gasteiger partial charge is 0.178 e.